The first kappa shape index (κ1) is 26.0. The van der Waals surface area contributed by atoms with E-state index in [1.807, 2.05) is 4.98 Å². The van der Waals surface area contributed by atoms with Crippen LogP contribution in [0.4, 0.5) is 0 Å². The van der Waals surface area contributed by atoms with Crippen molar-refractivity contribution < 1.29 is 51.7 Å². The molecule has 2 rings (SSSR count). The molecule has 1 aliphatic heterocycles. The number of nitrogens with one attached hydrogen (secondary N) is 1. The van der Waals surface area contributed by atoms with E-state index in [2.05, 4.69) is 13.4 Å². The van der Waals surface area contributed by atoms with Crippen LogP contribution in [0.1, 0.15) is 6.23 Å². The van der Waals surface area contributed by atoms with Gasteiger partial charge in [0.05, 0.1) is 27.7 Å². The van der Waals surface area contributed by atoms with E-state index < -0.39 is 58.0 Å². The van der Waals surface area contributed by atoms with Gasteiger partial charge in [-0.25, -0.2) is 13.7 Å². The Labute approximate surface area is 176 Å². The number of H-pyrrole nitrogens is 1. The molecule has 0 spiro atoms. The Balaban J connectivity index is 1.96. The number of hydrogen-bond acceptors (Lipinski definition) is 11. The van der Waals surface area contributed by atoms with Gasteiger partial charge in [-0.05, 0) is 0 Å². The van der Waals surface area contributed by atoms with Crippen LogP contribution >= 0.6 is 15.6 Å². The number of aromatic nitrogens is 2. The fraction of sp³-hybridized carbons (Fsp3) is 0.714. The maximum absolute atomic E-state index is 11.9. The average Bonchev–Trinajstić information content (AvgIpc) is 2.86. The lowest BCUT2D eigenvalue weighted by molar-refractivity contribution is -0.870. The maximum Gasteiger partial charge on any atom is 0.478 e. The minimum absolute atomic E-state index is 0.262. The van der Waals surface area contributed by atoms with Crippen molar-refractivity contribution in [1.82, 2.24) is 9.55 Å². The van der Waals surface area contributed by atoms with Crippen molar-refractivity contribution in [2.75, 3.05) is 40.9 Å². The molecule has 0 bridgehead atoms. The second-order valence-electron chi connectivity index (χ2n) is 7.70. The molecule has 31 heavy (non-hydrogen) atoms. The quantitative estimate of drug-likeness (QED) is 0.198. The predicted molar refractivity (Wildman–Crippen MR) is 101 cm³/mol. The molecule has 3 unspecified atom stereocenters. The van der Waals surface area contributed by atoms with Gasteiger partial charge in [0.15, 0.2) is 6.23 Å². The number of nitrogens with zero attached hydrogens (tertiary/aromatic N) is 2. The van der Waals surface area contributed by atoms with Crippen molar-refractivity contribution >= 4 is 15.6 Å². The summed E-state index contributed by atoms with van der Waals surface area (Å²) >= 11 is 0. The average molecular weight is 489 g/mol. The highest BCUT2D eigenvalue weighted by molar-refractivity contribution is 7.60. The Morgan fingerprint density at radius 1 is 1.23 bits per heavy atom. The maximum atomic E-state index is 11.9. The van der Waals surface area contributed by atoms with Crippen molar-refractivity contribution in [3.63, 3.8) is 0 Å². The molecule has 1 aromatic heterocycles. The van der Waals surface area contributed by atoms with Crippen LogP contribution in [0, 0.1) is 0 Å². The van der Waals surface area contributed by atoms with Crippen molar-refractivity contribution in [2.45, 2.75) is 24.5 Å². The topological polar surface area (TPSA) is 210 Å². The number of aliphatic hydroxyl groups is 2. The number of quaternary nitrogens is 1. The molecular formula is C14H25N3O12P2. The number of phosphoric acid groups is 2. The van der Waals surface area contributed by atoms with Gasteiger partial charge in [-0.3, -0.25) is 23.4 Å². The van der Waals surface area contributed by atoms with Crippen molar-refractivity contribution in [2.24, 2.45) is 0 Å². The van der Waals surface area contributed by atoms with Crippen LogP contribution < -0.4 is 16.1 Å². The zero-order valence-electron chi connectivity index (χ0n) is 16.9. The zero-order chi connectivity index (χ0) is 23.6. The SMILES string of the molecule is C[N+](C)(C)CCOP(=O)([O-])OP(=O)(O)OC[C@H]1O[C@@H](n2ccc(=O)[nH]c2=O)C(O)[C@H]1O. The number of ether oxygens (including phenoxy) is 1. The molecule has 1 aliphatic rings. The molecule has 0 saturated carbocycles. The van der Waals surface area contributed by atoms with E-state index in [1.54, 1.807) is 21.1 Å². The summed E-state index contributed by atoms with van der Waals surface area (Å²) < 4.78 is 43.2. The van der Waals surface area contributed by atoms with Crippen LogP contribution in [0.15, 0.2) is 21.9 Å². The molecule has 1 aromatic rings. The molecule has 6 atom stereocenters. The number of phosphoric ester groups is 2. The summed E-state index contributed by atoms with van der Waals surface area (Å²) in [5, 5.41) is 20.2. The van der Waals surface area contributed by atoms with Gasteiger partial charge in [0.25, 0.3) is 13.4 Å². The van der Waals surface area contributed by atoms with Crippen LogP contribution in [0.2, 0.25) is 0 Å². The van der Waals surface area contributed by atoms with E-state index in [1.165, 1.54) is 0 Å². The Bertz CT molecular complexity index is 972. The lowest BCUT2D eigenvalue weighted by Gasteiger charge is -2.28. The lowest BCUT2D eigenvalue weighted by atomic mass is 10.1. The number of rotatable bonds is 10. The van der Waals surface area contributed by atoms with Crippen molar-refractivity contribution in [3.05, 3.63) is 33.1 Å². The van der Waals surface area contributed by atoms with E-state index in [0.29, 0.717) is 4.48 Å². The van der Waals surface area contributed by atoms with Crippen LogP contribution in [-0.2, 0) is 27.2 Å². The second kappa shape index (κ2) is 9.73. The molecule has 178 valence electrons. The second-order valence-corrected chi connectivity index (χ2v) is 10.7. The van der Waals surface area contributed by atoms with Gasteiger partial charge in [0.1, 0.15) is 31.5 Å². The normalized spacial score (nSPS) is 28.2. The monoisotopic (exact) mass is 489 g/mol. The van der Waals surface area contributed by atoms with E-state index in [-0.39, 0.29) is 13.2 Å². The smallest absolute Gasteiger partial charge is 0.478 e. The van der Waals surface area contributed by atoms with Crippen molar-refractivity contribution in [3.8, 4) is 0 Å². The first-order valence-corrected chi connectivity index (χ1v) is 11.8. The number of aliphatic hydroxyl groups excluding tert-OH is 2. The van der Waals surface area contributed by atoms with Crippen LogP contribution in [0.5, 0.6) is 0 Å². The third-order valence-electron chi connectivity index (χ3n) is 4.08. The van der Waals surface area contributed by atoms with Gasteiger partial charge < -0.3 is 33.7 Å². The lowest BCUT2D eigenvalue weighted by Crippen LogP contribution is -2.37. The molecular weight excluding hydrogens is 464 g/mol. The third-order valence-corrected chi connectivity index (χ3v) is 6.68. The third kappa shape index (κ3) is 7.70. The van der Waals surface area contributed by atoms with Crippen LogP contribution in [0.3, 0.4) is 0 Å². The first-order chi connectivity index (χ1) is 14.1. The molecule has 15 nitrogen and oxygen atoms in total. The molecule has 1 saturated heterocycles. The van der Waals surface area contributed by atoms with E-state index in [0.717, 1.165) is 16.8 Å². The van der Waals surface area contributed by atoms with E-state index >= 15 is 0 Å². The Morgan fingerprint density at radius 3 is 2.45 bits per heavy atom. The number of hydrogen-bond donors (Lipinski definition) is 4. The highest BCUT2D eigenvalue weighted by atomic mass is 31.3. The molecule has 4 N–H and O–H groups in total. The van der Waals surface area contributed by atoms with Gasteiger partial charge in [-0.2, -0.15) is 0 Å². The van der Waals surface area contributed by atoms with Gasteiger partial charge in [-0.1, -0.05) is 0 Å². The first-order valence-electron chi connectivity index (χ1n) is 8.88. The summed E-state index contributed by atoms with van der Waals surface area (Å²) in [6.45, 7) is -0.923. The van der Waals surface area contributed by atoms with Gasteiger partial charge in [0.2, 0.25) is 0 Å². The molecule has 17 heteroatoms. The minimum atomic E-state index is -5.20. The number of likely N-dealkylation sites (N-methyl/N-ethyl adjacent to an activating group) is 1. The standard InChI is InChI=1S/C14H25N3O12P2/c1-17(2,3)6-7-26-30(22,23)29-31(24,25)27-8-9-11(19)12(20)13(28-9)16-5-4-10(18)15-14(16)21/h4-5,9,11-13,19-20H,6-8H2,1-3H3,(H2-,15,18,21,22,23,24,25)/t9-,11+,12?,13-/m1/s1. The summed E-state index contributed by atoms with van der Waals surface area (Å²) in [7, 11) is -5.07. The molecule has 0 aliphatic carbocycles. The minimum Gasteiger partial charge on any atom is -0.756 e. The molecule has 2 heterocycles. The van der Waals surface area contributed by atoms with Crippen molar-refractivity contribution in [1.29, 1.82) is 0 Å². The number of aromatic amines is 1. The molecule has 0 amide bonds. The Morgan fingerprint density at radius 2 is 1.87 bits per heavy atom. The highest BCUT2D eigenvalue weighted by Crippen LogP contribution is 2.58. The fourth-order valence-corrected chi connectivity index (χ4v) is 4.52. The molecule has 0 aromatic carbocycles. The largest absolute Gasteiger partial charge is 0.756 e. The predicted octanol–water partition coefficient (Wildman–Crippen LogP) is -2.52. The van der Waals surface area contributed by atoms with Gasteiger partial charge >= 0.3 is 13.5 Å². The summed E-state index contributed by atoms with van der Waals surface area (Å²) in [6, 6.07) is 0.980. The fourth-order valence-electron chi connectivity index (χ4n) is 2.49. The van der Waals surface area contributed by atoms with E-state index in [9.17, 15) is 38.7 Å². The molecule has 1 fully saturated rings. The summed E-state index contributed by atoms with van der Waals surface area (Å²) in [6.07, 6.45) is -5.21. The zero-order valence-corrected chi connectivity index (χ0v) is 18.7. The molecule has 0 radical (unpaired) electrons. The Hall–Kier alpha value is -1.22. The highest BCUT2D eigenvalue weighted by Gasteiger charge is 2.45. The van der Waals surface area contributed by atoms with Gasteiger partial charge in [0, 0.05) is 12.3 Å². The summed E-state index contributed by atoms with van der Waals surface area (Å²) in [5.74, 6) is 0. The van der Waals surface area contributed by atoms with Crippen LogP contribution in [-0.4, -0.2) is 88.4 Å². The summed E-state index contributed by atoms with van der Waals surface area (Å²) in [5.41, 5.74) is -1.63. The van der Waals surface area contributed by atoms with E-state index in [4.69, 9.17) is 4.74 Å². The van der Waals surface area contributed by atoms with Gasteiger partial charge in [-0.15, -0.1) is 0 Å². The Kier molecular flexibility index (Phi) is 8.17. The summed E-state index contributed by atoms with van der Waals surface area (Å²) in [4.78, 5) is 46.3. The van der Waals surface area contributed by atoms with Crippen LogP contribution in [0.25, 0.3) is 0 Å².